The first-order valence-corrected chi connectivity index (χ1v) is 10.8. The molecule has 188 valence electrons. The van der Waals surface area contributed by atoms with E-state index in [0.717, 1.165) is 18.2 Å². The van der Waals surface area contributed by atoms with Crippen LogP contribution >= 0.6 is 34.8 Å². The highest BCUT2D eigenvalue weighted by Crippen LogP contribution is 2.31. The summed E-state index contributed by atoms with van der Waals surface area (Å²) >= 11 is 15.3. The second-order valence-corrected chi connectivity index (χ2v) is 7.21. The Morgan fingerprint density at radius 3 is 1.94 bits per heavy atom. The van der Waals surface area contributed by atoms with E-state index in [4.69, 9.17) is 44.8 Å². The topological polar surface area (TPSA) is 88.3 Å². The van der Waals surface area contributed by atoms with Gasteiger partial charge in [0.05, 0.1) is 17.3 Å². The van der Waals surface area contributed by atoms with Gasteiger partial charge in [0, 0.05) is 12.0 Å². The number of rotatable bonds is 6. The van der Waals surface area contributed by atoms with Crippen molar-refractivity contribution in [3.8, 4) is 0 Å². The van der Waals surface area contributed by atoms with Crippen molar-refractivity contribution in [1.29, 1.82) is 0 Å². The van der Waals surface area contributed by atoms with E-state index in [-0.39, 0.29) is 35.0 Å². The molecule has 1 heterocycles. The van der Waals surface area contributed by atoms with Crippen LogP contribution in [0.2, 0.25) is 0 Å². The summed E-state index contributed by atoms with van der Waals surface area (Å²) < 4.78 is 51.9. The number of oxime groups is 2. The highest BCUT2D eigenvalue weighted by molar-refractivity contribution is 6.84. The average molecular weight is 556 g/mol. The molecule has 0 bridgehead atoms. The fourth-order valence-electron chi connectivity index (χ4n) is 2.41. The predicted molar refractivity (Wildman–Crippen MR) is 125 cm³/mol. The first-order chi connectivity index (χ1) is 16.6. The Morgan fingerprint density at radius 2 is 1.57 bits per heavy atom. The van der Waals surface area contributed by atoms with Crippen molar-refractivity contribution in [2.45, 2.75) is 12.5 Å². The molecule has 1 aliphatic rings. The summed E-state index contributed by atoms with van der Waals surface area (Å²) in [6.45, 7) is 3.27. The van der Waals surface area contributed by atoms with Gasteiger partial charge in [0.25, 0.3) is 0 Å². The summed E-state index contributed by atoms with van der Waals surface area (Å²) in [5.41, 5.74) is -0.177. The van der Waals surface area contributed by atoms with Crippen LogP contribution in [0.3, 0.4) is 0 Å². The van der Waals surface area contributed by atoms with Crippen molar-refractivity contribution in [3.05, 3.63) is 77.4 Å². The van der Waals surface area contributed by atoms with Gasteiger partial charge in [-0.15, -0.1) is 23.2 Å². The lowest BCUT2D eigenvalue weighted by molar-refractivity contribution is -0.111. The van der Waals surface area contributed by atoms with Gasteiger partial charge in [0.1, 0.15) is 29.0 Å². The molecule has 0 aromatic heterocycles. The number of halogens is 7. The first-order valence-electron chi connectivity index (χ1n) is 9.40. The highest BCUT2D eigenvalue weighted by atomic mass is 35.5. The van der Waals surface area contributed by atoms with Gasteiger partial charge in [0.2, 0.25) is 11.0 Å². The van der Waals surface area contributed by atoms with Gasteiger partial charge in [-0.2, -0.15) is 0 Å². The van der Waals surface area contributed by atoms with E-state index in [2.05, 4.69) is 16.9 Å². The molecule has 1 atom stereocenters. The smallest absolute Gasteiger partial charge is 0.212 e. The number of carbonyl (C=O) groups is 2. The van der Waals surface area contributed by atoms with Gasteiger partial charge < -0.3 is 10.0 Å². The maximum Gasteiger partial charge on any atom is 0.212 e. The Balaban J connectivity index is 0.000000290. The second-order valence-electron chi connectivity index (χ2n) is 6.32. The minimum Gasteiger partial charge on any atom is -0.410 e. The Bertz CT molecular complexity index is 1090. The molecule has 0 fully saturated rings. The van der Waals surface area contributed by atoms with Crippen LogP contribution in [0.5, 0.6) is 0 Å². The van der Waals surface area contributed by atoms with E-state index in [9.17, 15) is 27.2 Å². The lowest BCUT2D eigenvalue weighted by Gasteiger charge is -2.10. The lowest BCUT2D eigenvalue weighted by atomic mass is 10.0. The number of nitrogens with zero attached hydrogens (tertiary/aromatic N) is 2. The molecule has 0 spiro atoms. The van der Waals surface area contributed by atoms with Crippen LogP contribution in [0.4, 0.5) is 17.6 Å². The van der Waals surface area contributed by atoms with Crippen molar-refractivity contribution < 1.29 is 37.2 Å². The third-order valence-electron chi connectivity index (χ3n) is 4.08. The van der Waals surface area contributed by atoms with Crippen LogP contribution in [-0.2, 0) is 14.4 Å². The molecule has 2 aromatic rings. The fourth-order valence-corrected chi connectivity index (χ4v) is 2.82. The lowest BCUT2D eigenvalue weighted by Crippen LogP contribution is -2.14. The van der Waals surface area contributed by atoms with Crippen molar-refractivity contribution in [1.82, 2.24) is 0 Å². The minimum absolute atomic E-state index is 0.0312. The number of hydrogen-bond acceptors (Lipinski definition) is 6. The molecule has 1 aliphatic heterocycles. The molecule has 0 saturated carbocycles. The number of hydrogen-bond donors (Lipinski definition) is 1. The number of benzene rings is 2. The molecule has 0 radical (unpaired) electrons. The molecule has 35 heavy (non-hydrogen) atoms. The van der Waals surface area contributed by atoms with Crippen molar-refractivity contribution in [3.63, 3.8) is 0 Å². The van der Waals surface area contributed by atoms with Gasteiger partial charge in [-0.25, -0.2) is 17.6 Å². The average Bonchev–Trinajstić information content (AvgIpc) is 3.33. The highest BCUT2D eigenvalue weighted by Gasteiger charge is 2.30. The monoisotopic (exact) mass is 554 g/mol. The number of ketones is 2. The molecular weight excluding hydrogens is 539 g/mol. The molecule has 0 saturated heterocycles. The van der Waals surface area contributed by atoms with Crippen LogP contribution in [0.1, 0.15) is 23.7 Å². The number of alkyl halides is 2. The summed E-state index contributed by atoms with van der Waals surface area (Å²) in [5, 5.41) is 13.2. The van der Waals surface area contributed by atoms with E-state index in [0.29, 0.717) is 0 Å². The number of carbonyl (C=O) groups excluding carboxylic acids is 2. The fraction of sp³-hybridized carbons (Fsp3) is 0.182. The molecule has 13 heteroatoms. The van der Waals surface area contributed by atoms with Crippen LogP contribution in [0, 0.1) is 23.3 Å². The van der Waals surface area contributed by atoms with E-state index < -0.39 is 46.1 Å². The largest absolute Gasteiger partial charge is 0.410 e. The zero-order valence-electron chi connectivity index (χ0n) is 17.7. The third-order valence-corrected chi connectivity index (χ3v) is 4.85. The van der Waals surface area contributed by atoms with E-state index in [1.54, 1.807) is 0 Å². The SMILES string of the molecule is C=Cc1c(F)cccc1F.O=C(CCl)/C(Cl)=N/O.O=C(CCl)C1=NOC(c2c(F)cccc2F)C1. The predicted octanol–water partition coefficient (Wildman–Crippen LogP) is 6.02. The molecule has 3 rings (SSSR count). The molecule has 0 amide bonds. The standard InChI is InChI=1S/C11H8ClF2NO2.C8H6F2.C3H3Cl2NO2/c12-5-9(16)8-4-10(17-15-8)11-6(13)2-1-3-7(11)14;1-2-6-7(9)4-3-5-8(6)10;4-1-2(7)3(5)6-8/h1-3,10H,4-5H2;2-5H,1H2;8H,1H2/b;;6-3-. The van der Waals surface area contributed by atoms with Gasteiger partial charge >= 0.3 is 0 Å². The van der Waals surface area contributed by atoms with Crippen LogP contribution < -0.4 is 0 Å². The quantitative estimate of drug-likeness (QED) is 0.155. The number of Topliss-reactive ketones (excluding diaryl/α,β-unsaturated/α-hetero) is 2. The maximum atomic E-state index is 13.4. The zero-order valence-corrected chi connectivity index (χ0v) is 19.9. The third kappa shape index (κ3) is 8.97. The van der Waals surface area contributed by atoms with E-state index >= 15 is 0 Å². The summed E-state index contributed by atoms with van der Waals surface area (Å²) in [5.74, 6) is -4.06. The summed E-state index contributed by atoms with van der Waals surface area (Å²) in [7, 11) is 0. The van der Waals surface area contributed by atoms with Crippen molar-refractivity contribution >= 4 is 63.3 Å². The minimum atomic E-state index is -0.904. The van der Waals surface area contributed by atoms with Crippen LogP contribution in [-0.4, -0.2) is 39.4 Å². The zero-order chi connectivity index (χ0) is 26.5. The van der Waals surface area contributed by atoms with Crippen molar-refractivity contribution in [2.75, 3.05) is 11.8 Å². The summed E-state index contributed by atoms with van der Waals surface area (Å²) in [6, 6.07) is 7.22. The Morgan fingerprint density at radius 1 is 1.06 bits per heavy atom. The van der Waals surface area contributed by atoms with Crippen molar-refractivity contribution in [2.24, 2.45) is 10.3 Å². The second kappa shape index (κ2) is 15.1. The molecule has 0 aliphatic carbocycles. The molecule has 2 aromatic carbocycles. The molecular formula is C22H17Cl3F4N2O4. The van der Waals surface area contributed by atoms with Gasteiger partial charge in [0.15, 0.2) is 11.9 Å². The molecule has 1 N–H and O–H groups in total. The van der Waals surface area contributed by atoms with E-state index in [1.165, 1.54) is 24.3 Å². The normalized spacial score (nSPS) is 14.4. The summed E-state index contributed by atoms with van der Waals surface area (Å²) in [4.78, 5) is 26.3. The van der Waals surface area contributed by atoms with Gasteiger partial charge in [-0.1, -0.05) is 46.7 Å². The Labute approximate surface area is 212 Å². The van der Waals surface area contributed by atoms with Gasteiger partial charge in [-0.3, -0.25) is 9.59 Å². The van der Waals surface area contributed by atoms with E-state index in [1.807, 2.05) is 0 Å². The molecule has 6 nitrogen and oxygen atoms in total. The Hall–Kier alpha value is -2.95. The summed E-state index contributed by atoms with van der Waals surface area (Å²) in [6.07, 6.45) is 0.284. The van der Waals surface area contributed by atoms with Crippen LogP contribution in [0.15, 0.2) is 53.3 Å². The van der Waals surface area contributed by atoms with Crippen LogP contribution in [0.25, 0.3) is 6.08 Å². The first kappa shape index (κ1) is 30.1. The Kier molecular flexibility index (Phi) is 13.0. The van der Waals surface area contributed by atoms with Gasteiger partial charge in [-0.05, 0) is 24.3 Å². The molecule has 1 unspecified atom stereocenters. The maximum absolute atomic E-state index is 13.4.